The van der Waals surface area contributed by atoms with E-state index < -0.39 is 0 Å². The fourth-order valence-corrected chi connectivity index (χ4v) is 2.30. The van der Waals surface area contributed by atoms with Crippen molar-refractivity contribution in [1.82, 2.24) is 15.1 Å². The van der Waals surface area contributed by atoms with Gasteiger partial charge in [-0.3, -0.25) is 4.90 Å². The maximum Gasteiger partial charge on any atom is 0.207 e. The summed E-state index contributed by atoms with van der Waals surface area (Å²) in [6.45, 7) is 7.49. The molecule has 1 rings (SSSR count). The monoisotopic (exact) mass is 233 g/mol. The van der Waals surface area contributed by atoms with E-state index in [1.165, 1.54) is 24.2 Å². The normalized spacial score (nSPS) is 11.1. The summed E-state index contributed by atoms with van der Waals surface area (Å²) in [6, 6.07) is 0. The Labute approximate surface area is 94.1 Å². The van der Waals surface area contributed by atoms with Crippen molar-refractivity contribution in [1.29, 1.82) is 0 Å². The number of rotatable bonds is 6. The zero-order valence-electron chi connectivity index (χ0n) is 8.66. The van der Waals surface area contributed by atoms with Crippen LogP contribution in [0.5, 0.6) is 0 Å². The van der Waals surface area contributed by atoms with Gasteiger partial charge in [0.1, 0.15) is 5.01 Å². The molecule has 0 aliphatic carbocycles. The SMILES string of the molecule is CCCN(CCC)Cc1nnc(Cl)s1. The van der Waals surface area contributed by atoms with Crippen LogP contribution in [0.3, 0.4) is 0 Å². The molecule has 1 aromatic heterocycles. The highest BCUT2D eigenvalue weighted by molar-refractivity contribution is 7.15. The van der Waals surface area contributed by atoms with Crippen LogP contribution in [-0.2, 0) is 6.54 Å². The van der Waals surface area contributed by atoms with Gasteiger partial charge in [0, 0.05) is 0 Å². The summed E-state index contributed by atoms with van der Waals surface area (Å²) in [5.74, 6) is 0. The smallest absolute Gasteiger partial charge is 0.207 e. The Bertz CT molecular complexity index is 258. The van der Waals surface area contributed by atoms with Crippen molar-refractivity contribution < 1.29 is 0 Å². The van der Waals surface area contributed by atoms with Crippen LogP contribution in [0, 0.1) is 0 Å². The van der Waals surface area contributed by atoms with E-state index >= 15 is 0 Å². The van der Waals surface area contributed by atoms with E-state index in [0.717, 1.165) is 24.6 Å². The Hall–Kier alpha value is -0.190. The van der Waals surface area contributed by atoms with Crippen molar-refractivity contribution in [3.63, 3.8) is 0 Å². The Balaban J connectivity index is 2.46. The molecule has 0 bridgehead atoms. The Kier molecular flexibility index (Phi) is 5.37. The van der Waals surface area contributed by atoms with Crippen LogP contribution in [0.1, 0.15) is 31.7 Å². The predicted molar refractivity (Wildman–Crippen MR) is 60.8 cm³/mol. The molecule has 0 spiro atoms. The van der Waals surface area contributed by atoms with Crippen molar-refractivity contribution in [2.45, 2.75) is 33.2 Å². The van der Waals surface area contributed by atoms with Gasteiger partial charge in [-0.25, -0.2) is 0 Å². The molecule has 0 aliphatic heterocycles. The van der Waals surface area contributed by atoms with Gasteiger partial charge < -0.3 is 0 Å². The van der Waals surface area contributed by atoms with Crippen LogP contribution < -0.4 is 0 Å². The number of halogens is 1. The van der Waals surface area contributed by atoms with E-state index in [1.54, 1.807) is 0 Å². The van der Waals surface area contributed by atoms with Crippen molar-refractivity contribution in [2.24, 2.45) is 0 Å². The van der Waals surface area contributed by atoms with E-state index in [4.69, 9.17) is 11.6 Å². The summed E-state index contributed by atoms with van der Waals surface area (Å²) < 4.78 is 0.535. The van der Waals surface area contributed by atoms with Gasteiger partial charge in [-0.2, -0.15) is 0 Å². The second-order valence-corrected chi connectivity index (χ2v) is 4.87. The van der Waals surface area contributed by atoms with E-state index in [0.29, 0.717) is 4.47 Å². The highest BCUT2D eigenvalue weighted by atomic mass is 35.5. The van der Waals surface area contributed by atoms with Crippen molar-refractivity contribution in [3.8, 4) is 0 Å². The average molecular weight is 234 g/mol. The third kappa shape index (κ3) is 3.90. The minimum absolute atomic E-state index is 0.535. The summed E-state index contributed by atoms with van der Waals surface area (Å²) in [4.78, 5) is 2.39. The van der Waals surface area contributed by atoms with Gasteiger partial charge in [0.25, 0.3) is 0 Å². The molecular formula is C9H16ClN3S. The molecule has 1 aromatic rings. The summed E-state index contributed by atoms with van der Waals surface area (Å²) in [6.07, 6.45) is 2.35. The Morgan fingerprint density at radius 2 is 1.86 bits per heavy atom. The highest BCUT2D eigenvalue weighted by Gasteiger charge is 2.07. The van der Waals surface area contributed by atoms with Crippen molar-refractivity contribution in [2.75, 3.05) is 13.1 Å². The van der Waals surface area contributed by atoms with Crippen LogP contribution in [0.15, 0.2) is 0 Å². The first kappa shape index (κ1) is 11.9. The van der Waals surface area contributed by atoms with Gasteiger partial charge in [0.05, 0.1) is 6.54 Å². The van der Waals surface area contributed by atoms with Crippen molar-refractivity contribution >= 4 is 22.9 Å². The molecule has 0 aromatic carbocycles. The van der Waals surface area contributed by atoms with Gasteiger partial charge in [0.15, 0.2) is 0 Å². The van der Waals surface area contributed by atoms with Crippen LogP contribution in [-0.4, -0.2) is 28.2 Å². The second-order valence-electron chi connectivity index (χ2n) is 3.22. The largest absolute Gasteiger partial charge is 0.297 e. The third-order valence-corrected chi connectivity index (χ3v) is 2.88. The van der Waals surface area contributed by atoms with E-state index in [2.05, 4.69) is 28.9 Å². The van der Waals surface area contributed by atoms with Gasteiger partial charge in [-0.1, -0.05) is 25.2 Å². The van der Waals surface area contributed by atoms with Gasteiger partial charge >= 0.3 is 0 Å². The van der Waals surface area contributed by atoms with Gasteiger partial charge in [-0.15, -0.1) is 10.2 Å². The minimum atomic E-state index is 0.535. The maximum absolute atomic E-state index is 5.72. The van der Waals surface area contributed by atoms with Crippen LogP contribution in [0.2, 0.25) is 4.47 Å². The van der Waals surface area contributed by atoms with Gasteiger partial charge in [-0.05, 0) is 37.5 Å². The minimum Gasteiger partial charge on any atom is -0.297 e. The van der Waals surface area contributed by atoms with Crippen LogP contribution in [0.25, 0.3) is 0 Å². The molecule has 14 heavy (non-hydrogen) atoms. The summed E-state index contributed by atoms with van der Waals surface area (Å²) in [5.41, 5.74) is 0. The molecule has 0 saturated carbocycles. The zero-order valence-corrected chi connectivity index (χ0v) is 10.2. The molecule has 3 nitrogen and oxygen atoms in total. The number of aromatic nitrogens is 2. The molecule has 80 valence electrons. The number of hydrogen-bond donors (Lipinski definition) is 0. The number of nitrogens with zero attached hydrogens (tertiary/aromatic N) is 3. The van der Waals surface area contributed by atoms with E-state index in [-0.39, 0.29) is 0 Å². The summed E-state index contributed by atoms with van der Waals surface area (Å²) in [5, 5.41) is 8.82. The average Bonchev–Trinajstić information content (AvgIpc) is 2.52. The molecule has 0 N–H and O–H groups in total. The summed E-state index contributed by atoms with van der Waals surface area (Å²) in [7, 11) is 0. The maximum atomic E-state index is 5.72. The van der Waals surface area contributed by atoms with Gasteiger partial charge in [0.2, 0.25) is 4.47 Å². The predicted octanol–water partition coefficient (Wildman–Crippen LogP) is 2.81. The first-order valence-electron chi connectivity index (χ1n) is 4.96. The quantitative estimate of drug-likeness (QED) is 0.757. The molecule has 0 amide bonds. The zero-order chi connectivity index (χ0) is 10.4. The third-order valence-electron chi connectivity index (χ3n) is 1.88. The van der Waals surface area contributed by atoms with E-state index in [1.807, 2.05) is 0 Å². The summed E-state index contributed by atoms with van der Waals surface area (Å²) >= 11 is 7.19. The molecule has 1 heterocycles. The molecule has 0 radical (unpaired) electrons. The lowest BCUT2D eigenvalue weighted by atomic mass is 10.3. The first-order valence-corrected chi connectivity index (χ1v) is 6.16. The van der Waals surface area contributed by atoms with Crippen LogP contribution in [0.4, 0.5) is 0 Å². The molecule has 0 saturated heterocycles. The number of hydrogen-bond acceptors (Lipinski definition) is 4. The first-order chi connectivity index (χ1) is 6.76. The second kappa shape index (κ2) is 6.32. The van der Waals surface area contributed by atoms with Crippen LogP contribution >= 0.6 is 22.9 Å². The lowest BCUT2D eigenvalue weighted by Crippen LogP contribution is -2.24. The Morgan fingerprint density at radius 3 is 2.29 bits per heavy atom. The molecule has 0 fully saturated rings. The van der Waals surface area contributed by atoms with E-state index in [9.17, 15) is 0 Å². The molecule has 0 atom stereocenters. The standard InChI is InChI=1S/C9H16ClN3S/c1-3-5-13(6-4-2)7-8-11-12-9(10)14-8/h3-7H2,1-2H3. The molecule has 0 aliphatic rings. The fourth-order valence-electron chi connectivity index (χ4n) is 1.39. The molecule has 0 unspecified atom stereocenters. The molecule has 5 heteroatoms. The molecular weight excluding hydrogens is 218 g/mol. The lowest BCUT2D eigenvalue weighted by Gasteiger charge is -2.18. The highest BCUT2D eigenvalue weighted by Crippen LogP contribution is 2.16. The van der Waals surface area contributed by atoms with Crippen molar-refractivity contribution in [3.05, 3.63) is 9.47 Å². The topological polar surface area (TPSA) is 29.0 Å². The lowest BCUT2D eigenvalue weighted by molar-refractivity contribution is 0.265. The Morgan fingerprint density at radius 1 is 1.21 bits per heavy atom. The fraction of sp³-hybridized carbons (Fsp3) is 0.778.